The highest BCUT2D eigenvalue weighted by Gasteiger charge is 2.12. The number of anilines is 1. The number of rotatable bonds is 8. The number of methoxy groups -OCH3 is 1. The fourth-order valence-electron chi connectivity index (χ4n) is 1.60. The van der Waals surface area contributed by atoms with Gasteiger partial charge in [-0.1, -0.05) is 12.1 Å². The lowest BCUT2D eigenvalue weighted by Crippen LogP contribution is -2.28. The van der Waals surface area contributed by atoms with Gasteiger partial charge >= 0.3 is 0 Å². The number of nitrogens with one attached hydrogen (secondary N) is 1. The van der Waals surface area contributed by atoms with Crippen molar-refractivity contribution >= 4 is 15.7 Å². The topological polar surface area (TPSA) is 84.7 Å². The molecule has 0 aliphatic rings. The first-order chi connectivity index (χ1) is 8.95. The molecule has 0 saturated carbocycles. The van der Waals surface area contributed by atoms with Crippen LogP contribution in [0, 0.1) is 0 Å². The summed E-state index contributed by atoms with van der Waals surface area (Å²) in [4.78, 5) is 2.21. The van der Waals surface area contributed by atoms with E-state index >= 15 is 0 Å². The van der Waals surface area contributed by atoms with E-state index in [1.165, 1.54) is 6.07 Å². The Morgan fingerprint density at radius 2 is 2.00 bits per heavy atom. The van der Waals surface area contributed by atoms with E-state index in [-0.39, 0.29) is 4.90 Å². The number of nitrogens with zero attached hydrogens (tertiary/aromatic N) is 1. The zero-order valence-corrected chi connectivity index (χ0v) is 12.1. The number of para-hydroxylation sites is 1. The summed E-state index contributed by atoms with van der Waals surface area (Å²) in [7, 11) is -0.0548. The predicted octanol–water partition coefficient (Wildman–Crippen LogP) is 0.324. The summed E-state index contributed by atoms with van der Waals surface area (Å²) in [6.45, 7) is 2.91. The molecule has 0 aliphatic carbocycles. The number of benzene rings is 1. The van der Waals surface area contributed by atoms with Crippen LogP contribution in [0.25, 0.3) is 0 Å². The highest BCUT2D eigenvalue weighted by Crippen LogP contribution is 2.18. The smallest absolute Gasteiger partial charge is 0.240 e. The van der Waals surface area contributed by atoms with Crippen molar-refractivity contribution in [1.82, 2.24) is 4.90 Å². The van der Waals surface area contributed by atoms with Crippen molar-refractivity contribution in [1.29, 1.82) is 0 Å². The molecule has 1 rings (SSSR count). The average molecular weight is 287 g/mol. The van der Waals surface area contributed by atoms with Gasteiger partial charge in [0.1, 0.15) is 4.90 Å². The molecular weight excluding hydrogens is 266 g/mol. The highest BCUT2D eigenvalue weighted by atomic mass is 32.2. The molecule has 19 heavy (non-hydrogen) atoms. The van der Waals surface area contributed by atoms with Crippen LogP contribution in [0.5, 0.6) is 0 Å². The van der Waals surface area contributed by atoms with Gasteiger partial charge in [-0.05, 0) is 19.2 Å². The molecule has 0 amide bonds. The van der Waals surface area contributed by atoms with Gasteiger partial charge in [0.05, 0.1) is 12.3 Å². The summed E-state index contributed by atoms with van der Waals surface area (Å²) in [5.41, 5.74) is 0.533. The molecule has 6 nitrogen and oxygen atoms in total. The van der Waals surface area contributed by atoms with Crippen LogP contribution in [-0.4, -0.2) is 53.7 Å². The van der Waals surface area contributed by atoms with Crippen molar-refractivity contribution in [2.75, 3.05) is 45.7 Å². The predicted molar refractivity (Wildman–Crippen MR) is 75.7 cm³/mol. The molecule has 0 aliphatic heterocycles. The van der Waals surface area contributed by atoms with Crippen LogP contribution in [0.3, 0.4) is 0 Å². The molecule has 3 N–H and O–H groups in total. The van der Waals surface area contributed by atoms with Crippen molar-refractivity contribution in [3.63, 3.8) is 0 Å². The Hall–Kier alpha value is -1.15. The number of ether oxygens (including phenoxy) is 1. The van der Waals surface area contributed by atoms with Crippen LogP contribution in [-0.2, 0) is 14.8 Å². The summed E-state index contributed by atoms with van der Waals surface area (Å²) in [6.07, 6.45) is 0. The fraction of sp³-hybridized carbons (Fsp3) is 0.500. The fourth-order valence-corrected chi connectivity index (χ4v) is 2.32. The molecule has 0 fully saturated rings. The zero-order valence-electron chi connectivity index (χ0n) is 11.3. The Bertz CT molecular complexity index is 491. The number of nitrogens with two attached hydrogens (primary N) is 1. The highest BCUT2D eigenvalue weighted by molar-refractivity contribution is 7.89. The lowest BCUT2D eigenvalue weighted by molar-refractivity contribution is 0.163. The third-order valence-corrected chi connectivity index (χ3v) is 3.65. The minimum absolute atomic E-state index is 0.120. The van der Waals surface area contributed by atoms with E-state index in [0.29, 0.717) is 18.8 Å². The van der Waals surface area contributed by atoms with Crippen LogP contribution in [0.4, 0.5) is 5.69 Å². The van der Waals surface area contributed by atoms with Gasteiger partial charge < -0.3 is 15.0 Å². The lowest BCUT2D eigenvalue weighted by atomic mass is 10.3. The Kier molecular flexibility index (Phi) is 6.23. The summed E-state index contributed by atoms with van der Waals surface area (Å²) in [6, 6.07) is 6.61. The van der Waals surface area contributed by atoms with Crippen LogP contribution in [0.1, 0.15) is 0 Å². The molecule has 0 heterocycles. The van der Waals surface area contributed by atoms with Gasteiger partial charge in [0.25, 0.3) is 0 Å². The molecule has 1 aromatic rings. The van der Waals surface area contributed by atoms with E-state index in [9.17, 15) is 8.42 Å². The maximum atomic E-state index is 11.4. The minimum Gasteiger partial charge on any atom is -0.383 e. The number of hydrogen-bond donors (Lipinski definition) is 2. The second kappa shape index (κ2) is 7.44. The van der Waals surface area contributed by atoms with E-state index in [1.54, 1.807) is 25.3 Å². The van der Waals surface area contributed by atoms with Gasteiger partial charge in [0.2, 0.25) is 10.0 Å². The SMILES string of the molecule is COCCN(C)CCNc1ccccc1S(N)(=O)=O. The third-order valence-electron chi connectivity index (χ3n) is 2.68. The van der Waals surface area contributed by atoms with Crippen molar-refractivity contribution in [3.8, 4) is 0 Å². The van der Waals surface area contributed by atoms with Crippen molar-refractivity contribution in [2.24, 2.45) is 5.14 Å². The summed E-state index contributed by atoms with van der Waals surface area (Å²) < 4.78 is 27.8. The molecule has 0 bridgehead atoms. The van der Waals surface area contributed by atoms with E-state index in [0.717, 1.165) is 13.1 Å². The van der Waals surface area contributed by atoms with E-state index < -0.39 is 10.0 Å². The van der Waals surface area contributed by atoms with Gasteiger partial charge in [-0.15, -0.1) is 0 Å². The second-order valence-corrected chi connectivity index (χ2v) is 5.79. The Labute approximate surface area is 114 Å². The van der Waals surface area contributed by atoms with Gasteiger partial charge in [-0.2, -0.15) is 0 Å². The van der Waals surface area contributed by atoms with Crippen LogP contribution >= 0.6 is 0 Å². The summed E-state index contributed by atoms with van der Waals surface area (Å²) in [5.74, 6) is 0. The summed E-state index contributed by atoms with van der Waals surface area (Å²) in [5, 5.41) is 8.25. The first-order valence-electron chi connectivity index (χ1n) is 5.98. The maximum Gasteiger partial charge on any atom is 0.240 e. The van der Waals surface area contributed by atoms with E-state index in [1.807, 2.05) is 7.05 Å². The molecule has 0 spiro atoms. The minimum atomic E-state index is -3.69. The number of sulfonamides is 1. The van der Waals surface area contributed by atoms with E-state index in [4.69, 9.17) is 9.88 Å². The molecule has 0 saturated heterocycles. The normalized spacial score (nSPS) is 11.8. The number of likely N-dealkylation sites (N-methyl/N-ethyl adjacent to an activating group) is 1. The van der Waals surface area contributed by atoms with Gasteiger partial charge in [0.15, 0.2) is 0 Å². The van der Waals surface area contributed by atoms with Crippen molar-refractivity contribution in [3.05, 3.63) is 24.3 Å². The quantitative estimate of drug-likeness (QED) is 0.719. The number of hydrogen-bond acceptors (Lipinski definition) is 5. The zero-order chi connectivity index (χ0) is 14.3. The van der Waals surface area contributed by atoms with Crippen LogP contribution in [0.2, 0.25) is 0 Å². The Morgan fingerprint density at radius 3 is 2.63 bits per heavy atom. The molecule has 108 valence electrons. The largest absolute Gasteiger partial charge is 0.383 e. The number of primary sulfonamides is 1. The van der Waals surface area contributed by atoms with Gasteiger partial charge in [0, 0.05) is 26.7 Å². The average Bonchev–Trinajstić information content (AvgIpc) is 2.35. The third kappa shape index (κ3) is 5.56. The van der Waals surface area contributed by atoms with Crippen molar-refractivity contribution < 1.29 is 13.2 Å². The lowest BCUT2D eigenvalue weighted by Gasteiger charge is -2.17. The summed E-state index contributed by atoms with van der Waals surface area (Å²) >= 11 is 0. The first kappa shape index (κ1) is 15.9. The van der Waals surface area contributed by atoms with Crippen LogP contribution in [0.15, 0.2) is 29.2 Å². The van der Waals surface area contributed by atoms with Gasteiger partial charge in [-0.3, -0.25) is 0 Å². The monoisotopic (exact) mass is 287 g/mol. The Morgan fingerprint density at radius 1 is 1.32 bits per heavy atom. The van der Waals surface area contributed by atoms with Gasteiger partial charge in [-0.25, -0.2) is 13.6 Å². The van der Waals surface area contributed by atoms with Crippen molar-refractivity contribution in [2.45, 2.75) is 4.90 Å². The second-order valence-electron chi connectivity index (χ2n) is 4.26. The Balaban J connectivity index is 2.55. The molecular formula is C12H21N3O3S. The first-order valence-corrected chi connectivity index (χ1v) is 7.53. The molecule has 0 atom stereocenters. The standard InChI is InChI=1S/C12H21N3O3S/c1-15(9-10-18-2)8-7-14-11-5-3-4-6-12(11)19(13,16)17/h3-6,14H,7-10H2,1-2H3,(H2,13,16,17). The van der Waals surface area contributed by atoms with Crippen LogP contribution < -0.4 is 10.5 Å². The molecule has 0 radical (unpaired) electrons. The molecule has 1 aromatic carbocycles. The maximum absolute atomic E-state index is 11.4. The van der Waals surface area contributed by atoms with E-state index in [2.05, 4.69) is 10.2 Å². The molecule has 0 unspecified atom stereocenters. The molecule has 7 heteroatoms. The molecule has 0 aromatic heterocycles.